The third kappa shape index (κ3) is 7.70. The Labute approximate surface area is 190 Å². The molecule has 0 radical (unpaired) electrons. The van der Waals surface area contributed by atoms with Gasteiger partial charge in [0.15, 0.2) is 0 Å². The molecule has 1 saturated carbocycles. The van der Waals surface area contributed by atoms with Gasteiger partial charge in [-0.25, -0.2) is 0 Å². The smallest absolute Gasteiger partial charge is 0.0908 e. The summed E-state index contributed by atoms with van der Waals surface area (Å²) in [5.74, 6) is 0.595. The van der Waals surface area contributed by atoms with Gasteiger partial charge in [-0.05, 0) is 93.3 Å². The summed E-state index contributed by atoms with van der Waals surface area (Å²) in [7, 11) is 0. The number of aromatic nitrogens is 1. The highest BCUT2D eigenvalue weighted by Gasteiger charge is 2.45. The molecule has 4 nitrogen and oxygen atoms in total. The molecule has 1 saturated heterocycles. The van der Waals surface area contributed by atoms with Crippen molar-refractivity contribution in [2.45, 2.75) is 79.2 Å². The number of nitrogens with one attached hydrogen (secondary N) is 3. The quantitative estimate of drug-likeness (QED) is 0.330. The van der Waals surface area contributed by atoms with Gasteiger partial charge in [-0.15, -0.1) is 0 Å². The maximum atomic E-state index is 8.33. The summed E-state index contributed by atoms with van der Waals surface area (Å²) in [4.78, 5) is 4.47. The molecule has 0 amide bonds. The highest BCUT2D eigenvalue weighted by atomic mass is 15.0. The second-order valence-electron chi connectivity index (χ2n) is 7.88. The summed E-state index contributed by atoms with van der Waals surface area (Å²) in [5, 5.41) is 20.2. The number of allylic oxidation sites excluding steroid dienone is 5. The average Bonchev–Trinajstić information content (AvgIpc) is 3.54. The zero-order valence-corrected chi connectivity index (χ0v) is 20.4. The molecule has 2 fully saturated rings. The standard InChI is InChI=1S/C23H30N4.2C2H6/c1-4-18(5-2)19-12-16(3)22(26-15-19)21(25)7-6-20(24)13-17-8-11-27-23(14-17)9-10-23;2*1-2/h4-7,12,15,17,24-25,27H,1,8-11,13-14H2,2-3H3;2*1-2H3/b7-6-,18-5+,24-20?,25-21?;;. The van der Waals surface area contributed by atoms with Crippen LogP contribution in [0, 0.1) is 23.7 Å². The first-order valence-electron chi connectivity index (χ1n) is 11.8. The van der Waals surface area contributed by atoms with Gasteiger partial charge in [-0.2, -0.15) is 0 Å². The van der Waals surface area contributed by atoms with Crippen LogP contribution in [0.1, 0.15) is 83.5 Å². The largest absolute Gasteiger partial charge is 0.311 e. The fourth-order valence-electron chi connectivity index (χ4n) is 4.03. The van der Waals surface area contributed by atoms with Gasteiger partial charge in [0.1, 0.15) is 0 Å². The van der Waals surface area contributed by atoms with Crippen molar-refractivity contribution in [3.8, 4) is 0 Å². The van der Waals surface area contributed by atoms with E-state index in [1.54, 1.807) is 18.3 Å². The van der Waals surface area contributed by atoms with Crippen molar-refractivity contribution in [1.82, 2.24) is 10.3 Å². The van der Waals surface area contributed by atoms with Gasteiger partial charge in [0.2, 0.25) is 0 Å². The number of pyridine rings is 1. The lowest BCUT2D eigenvalue weighted by Crippen LogP contribution is -2.40. The van der Waals surface area contributed by atoms with E-state index in [0.717, 1.165) is 36.1 Å². The molecule has 4 heteroatoms. The van der Waals surface area contributed by atoms with Crippen LogP contribution in [0.25, 0.3) is 5.57 Å². The highest BCUT2D eigenvalue weighted by molar-refractivity contribution is 6.09. The lowest BCUT2D eigenvalue weighted by molar-refractivity contribution is 0.293. The molecule has 2 aliphatic rings. The highest BCUT2D eigenvalue weighted by Crippen LogP contribution is 2.44. The number of rotatable bonds is 7. The Morgan fingerprint density at radius 3 is 2.45 bits per heavy atom. The molecular formula is C27H42N4. The molecule has 170 valence electrons. The van der Waals surface area contributed by atoms with Crippen molar-refractivity contribution in [2.75, 3.05) is 6.54 Å². The number of aryl methyl sites for hydroxylation is 1. The number of hydrogen-bond acceptors (Lipinski definition) is 4. The van der Waals surface area contributed by atoms with Gasteiger partial charge in [-0.1, -0.05) is 46.4 Å². The van der Waals surface area contributed by atoms with E-state index in [1.165, 1.54) is 19.3 Å². The van der Waals surface area contributed by atoms with Crippen LogP contribution in [0.4, 0.5) is 0 Å². The Morgan fingerprint density at radius 1 is 1.23 bits per heavy atom. The lowest BCUT2D eigenvalue weighted by Gasteiger charge is -2.30. The fourth-order valence-corrected chi connectivity index (χ4v) is 4.03. The van der Waals surface area contributed by atoms with Crippen molar-refractivity contribution < 1.29 is 0 Å². The van der Waals surface area contributed by atoms with Crippen molar-refractivity contribution in [3.05, 3.63) is 60.0 Å². The van der Waals surface area contributed by atoms with Crippen LogP contribution < -0.4 is 5.32 Å². The van der Waals surface area contributed by atoms with E-state index in [1.807, 2.05) is 59.8 Å². The van der Waals surface area contributed by atoms with E-state index < -0.39 is 0 Å². The maximum absolute atomic E-state index is 8.33. The monoisotopic (exact) mass is 422 g/mol. The maximum Gasteiger partial charge on any atom is 0.0908 e. The van der Waals surface area contributed by atoms with Crippen molar-refractivity contribution >= 4 is 17.0 Å². The van der Waals surface area contributed by atoms with Gasteiger partial charge in [-0.3, -0.25) is 10.4 Å². The van der Waals surface area contributed by atoms with E-state index in [4.69, 9.17) is 10.8 Å². The first kappa shape index (κ1) is 26.7. The third-order valence-corrected chi connectivity index (χ3v) is 5.74. The molecule has 0 bridgehead atoms. The third-order valence-electron chi connectivity index (χ3n) is 5.74. The summed E-state index contributed by atoms with van der Waals surface area (Å²) in [6, 6.07) is 2.04. The molecular weight excluding hydrogens is 380 g/mol. The van der Waals surface area contributed by atoms with Gasteiger partial charge in [0.05, 0.1) is 11.4 Å². The first-order valence-corrected chi connectivity index (χ1v) is 11.8. The predicted molar refractivity (Wildman–Crippen MR) is 137 cm³/mol. The van der Waals surface area contributed by atoms with E-state index >= 15 is 0 Å². The summed E-state index contributed by atoms with van der Waals surface area (Å²) < 4.78 is 0. The molecule has 1 unspecified atom stereocenters. The molecule has 1 aromatic heterocycles. The average molecular weight is 423 g/mol. The summed E-state index contributed by atoms with van der Waals surface area (Å²) in [5.41, 5.74) is 5.05. The topological polar surface area (TPSA) is 72.6 Å². The number of piperidine rings is 1. The van der Waals surface area contributed by atoms with Crippen LogP contribution in [-0.4, -0.2) is 28.5 Å². The molecule has 2 heterocycles. The zero-order valence-electron chi connectivity index (χ0n) is 20.4. The van der Waals surface area contributed by atoms with Crippen molar-refractivity contribution in [2.24, 2.45) is 5.92 Å². The molecule has 3 rings (SSSR count). The van der Waals surface area contributed by atoms with Crippen LogP contribution in [0.3, 0.4) is 0 Å². The fraction of sp³-hybridized carbons (Fsp3) is 0.519. The molecule has 0 aromatic carbocycles. The van der Waals surface area contributed by atoms with Crippen molar-refractivity contribution in [1.29, 1.82) is 10.8 Å². The van der Waals surface area contributed by atoms with E-state index in [2.05, 4.69) is 16.9 Å². The summed E-state index contributed by atoms with van der Waals surface area (Å²) in [6.07, 6.45) is 14.8. The molecule has 31 heavy (non-hydrogen) atoms. The normalized spacial score (nSPS) is 19.0. The van der Waals surface area contributed by atoms with Gasteiger partial charge in [0.25, 0.3) is 0 Å². The Bertz CT molecular complexity index is 813. The van der Waals surface area contributed by atoms with Crippen LogP contribution in [0.2, 0.25) is 0 Å². The molecule has 1 aliphatic heterocycles. The zero-order chi connectivity index (χ0) is 23.4. The minimum atomic E-state index is 0.355. The van der Waals surface area contributed by atoms with Gasteiger partial charge >= 0.3 is 0 Å². The lowest BCUT2D eigenvalue weighted by atomic mass is 9.86. The van der Waals surface area contributed by atoms with Crippen molar-refractivity contribution in [3.63, 3.8) is 0 Å². The van der Waals surface area contributed by atoms with E-state index in [9.17, 15) is 0 Å². The summed E-state index contributed by atoms with van der Waals surface area (Å²) in [6.45, 7) is 16.9. The van der Waals surface area contributed by atoms with Crippen LogP contribution in [-0.2, 0) is 0 Å². The van der Waals surface area contributed by atoms with E-state index in [0.29, 0.717) is 28.6 Å². The van der Waals surface area contributed by atoms with Gasteiger partial charge < -0.3 is 10.7 Å². The Morgan fingerprint density at radius 2 is 1.90 bits per heavy atom. The van der Waals surface area contributed by atoms with Gasteiger partial charge in [0, 0.05) is 17.4 Å². The van der Waals surface area contributed by atoms with Crippen LogP contribution in [0.5, 0.6) is 0 Å². The number of nitrogens with zero attached hydrogens (tertiary/aromatic N) is 1. The van der Waals surface area contributed by atoms with Crippen LogP contribution in [0.15, 0.2) is 43.1 Å². The Balaban J connectivity index is 0.00000113. The Kier molecular flexibility index (Phi) is 11.3. The molecule has 1 aliphatic carbocycles. The second-order valence-corrected chi connectivity index (χ2v) is 7.88. The first-order chi connectivity index (χ1) is 15.0. The number of hydrogen-bond donors (Lipinski definition) is 3. The molecule has 1 aromatic rings. The second kappa shape index (κ2) is 13.2. The summed E-state index contributed by atoms with van der Waals surface area (Å²) >= 11 is 0. The molecule has 1 spiro atoms. The molecule has 3 N–H and O–H groups in total. The van der Waals surface area contributed by atoms with Crippen LogP contribution >= 0.6 is 0 Å². The predicted octanol–water partition coefficient (Wildman–Crippen LogP) is 6.90. The molecule has 1 atom stereocenters. The Hall–Kier alpha value is -2.33. The van der Waals surface area contributed by atoms with E-state index in [-0.39, 0.29) is 0 Å². The minimum Gasteiger partial charge on any atom is -0.311 e. The minimum absolute atomic E-state index is 0.355. The SMILES string of the molecule is C=C/C(=C\C)c1cnc(C(=N)/C=C\C(=N)CC2CCNC3(CC3)C2)c(C)c1.CC.CC.